The van der Waals surface area contributed by atoms with Gasteiger partial charge in [-0.25, -0.2) is 0 Å². The third-order valence-corrected chi connectivity index (χ3v) is 9.38. The van der Waals surface area contributed by atoms with Crippen LogP contribution in [0.3, 0.4) is 0 Å². The second-order valence-electron chi connectivity index (χ2n) is 10.5. The molecule has 0 aromatic heterocycles. The number of aliphatic hydroxyl groups is 2. The molecule has 0 amide bonds. The Morgan fingerprint density at radius 3 is 2.81 bits per heavy atom. The van der Waals surface area contributed by atoms with Crippen LogP contribution in [0.25, 0.3) is 0 Å². The molecule has 4 heteroatoms. The molecule has 0 aromatic carbocycles. The molecule has 6 rings (SSSR count). The number of hydrogen-bond acceptors (Lipinski definition) is 4. The molecule has 0 aromatic rings. The Kier molecular flexibility index (Phi) is 3.63. The predicted molar refractivity (Wildman–Crippen MR) is 99.4 cm³/mol. The van der Waals surface area contributed by atoms with Gasteiger partial charge in [0.2, 0.25) is 0 Å². The Bertz CT molecular complexity index is 662. The molecule has 26 heavy (non-hydrogen) atoms. The van der Waals surface area contributed by atoms with Crippen molar-refractivity contribution in [3.63, 3.8) is 0 Å². The Morgan fingerprint density at radius 1 is 1.23 bits per heavy atom. The van der Waals surface area contributed by atoms with Gasteiger partial charge in [0.05, 0.1) is 18.1 Å². The molecule has 2 N–H and O–H groups in total. The van der Waals surface area contributed by atoms with Crippen LogP contribution in [-0.4, -0.2) is 53.2 Å². The summed E-state index contributed by atoms with van der Waals surface area (Å²) in [4.78, 5) is 15.7. The summed E-state index contributed by atoms with van der Waals surface area (Å²) in [6, 6.07) is 0. The van der Waals surface area contributed by atoms with E-state index in [4.69, 9.17) is 0 Å². The minimum absolute atomic E-state index is 0.134. The van der Waals surface area contributed by atoms with E-state index in [1.165, 1.54) is 24.8 Å². The minimum Gasteiger partial charge on any atom is -0.395 e. The number of allylic oxidation sites excluding steroid dienone is 1. The van der Waals surface area contributed by atoms with Gasteiger partial charge in [-0.2, -0.15) is 0 Å². The maximum Gasteiger partial charge on any atom is 0.142 e. The second-order valence-corrected chi connectivity index (χ2v) is 10.5. The van der Waals surface area contributed by atoms with Crippen LogP contribution in [0.1, 0.15) is 51.9 Å². The summed E-state index contributed by atoms with van der Waals surface area (Å²) in [6.45, 7) is 9.65. The maximum atomic E-state index is 13.2. The van der Waals surface area contributed by atoms with Crippen molar-refractivity contribution in [1.29, 1.82) is 0 Å². The van der Waals surface area contributed by atoms with Crippen LogP contribution in [0.2, 0.25) is 0 Å². The molecule has 5 saturated carbocycles. The van der Waals surface area contributed by atoms with E-state index in [-0.39, 0.29) is 17.4 Å². The number of aliphatic hydroxyl groups excluding tert-OH is 2. The fourth-order valence-electron chi connectivity index (χ4n) is 8.53. The van der Waals surface area contributed by atoms with E-state index in [9.17, 15) is 15.0 Å². The predicted octanol–water partition coefficient (Wildman–Crippen LogP) is 2.39. The molecule has 1 aliphatic heterocycles. The average molecular weight is 360 g/mol. The van der Waals surface area contributed by atoms with Crippen molar-refractivity contribution in [1.82, 2.24) is 4.90 Å². The molecule has 1 saturated heterocycles. The highest BCUT2D eigenvalue weighted by molar-refractivity contribution is 5.89. The zero-order chi connectivity index (χ0) is 18.3. The molecule has 7 unspecified atom stereocenters. The number of Topliss-reactive ketones (excluding diaryl/α,β-unsaturated/α-hetero) is 1. The third kappa shape index (κ3) is 1.94. The second kappa shape index (κ2) is 5.42. The standard InChI is InChI=1S/C22H33NO3/c1-14-11-22-17(8-15(14)9-18(22)25)21-5-3-4-20(2,16(21)10-19(22)26)12-23(13-21)6-7-24/h15-17,19,24,26H,1,3-13H2,2H3. The van der Waals surface area contributed by atoms with E-state index in [0.717, 1.165) is 32.5 Å². The number of likely N-dealkylation sites (tertiary alicyclic amines) is 1. The number of carbonyl (C=O) groups is 1. The van der Waals surface area contributed by atoms with Crippen LogP contribution < -0.4 is 0 Å². The Labute approximate surface area is 156 Å². The highest BCUT2D eigenvalue weighted by Crippen LogP contribution is 2.72. The molecular formula is C22H33NO3. The van der Waals surface area contributed by atoms with E-state index in [1.54, 1.807) is 0 Å². The fraction of sp³-hybridized carbons (Fsp3) is 0.864. The van der Waals surface area contributed by atoms with Crippen LogP contribution >= 0.6 is 0 Å². The summed E-state index contributed by atoms with van der Waals surface area (Å²) in [5.74, 6) is 1.44. The molecule has 7 atom stereocenters. The quantitative estimate of drug-likeness (QED) is 0.743. The van der Waals surface area contributed by atoms with Gasteiger partial charge in [-0.3, -0.25) is 9.69 Å². The average Bonchev–Trinajstić information content (AvgIpc) is 2.56. The first-order valence-corrected chi connectivity index (χ1v) is 10.6. The first kappa shape index (κ1) is 17.4. The summed E-state index contributed by atoms with van der Waals surface area (Å²) in [7, 11) is 0. The van der Waals surface area contributed by atoms with Gasteiger partial charge < -0.3 is 10.2 Å². The molecular weight excluding hydrogens is 326 g/mol. The largest absolute Gasteiger partial charge is 0.395 e. The van der Waals surface area contributed by atoms with Gasteiger partial charge in [0.1, 0.15) is 5.78 Å². The van der Waals surface area contributed by atoms with E-state index in [2.05, 4.69) is 18.4 Å². The van der Waals surface area contributed by atoms with Crippen LogP contribution in [-0.2, 0) is 4.79 Å². The maximum absolute atomic E-state index is 13.2. The van der Waals surface area contributed by atoms with E-state index >= 15 is 0 Å². The number of rotatable bonds is 2. The number of fused-ring (bicyclic) bond motifs is 2. The Hall–Kier alpha value is -0.710. The first-order chi connectivity index (χ1) is 12.4. The molecule has 6 fully saturated rings. The van der Waals surface area contributed by atoms with Crippen LogP contribution in [0.15, 0.2) is 12.2 Å². The number of β-amino-alcohol motifs (C(OH)–C–C–N with tert-alkyl or cyclic N) is 1. The van der Waals surface area contributed by atoms with E-state index in [1.807, 2.05) is 0 Å². The SMILES string of the molecule is C=C1CC23C(=O)CC1CC2C12CCCC(C)(CN(CCO)C1)C2CC3O. The van der Waals surface area contributed by atoms with Gasteiger partial charge in [-0.15, -0.1) is 0 Å². The fourth-order valence-corrected chi connectivity index (χ4v) is 8.53. The Morgan fingerprint density at radius 2 is 2.04 bits per heavy atom. The molecule has 5 aliphatic carbocycles. The number of nitrogens with zero attached hydrogens (tertiary/aromatic N) is 1. The molecule has 0 radical (unpaired) electrons. The highest BCUT2D eigenvalue weighted by Gasteiger charge is 2.72. The van der Waals surface area contributed by atoms with Gasteiger partial charge in [-0.05, 0) is 60.7 Å². The molecule has 1 heterocycles. The lowest BCUT2D eigenvalue weighted by molar-refractivity contribution is -0.244. The Balaban J connectivity index is 1.63. The molecule has 6 aliphatic rings. The lowest BCUT2D eigenvalue weighted by Crippen LogP contribution is -2.73. The summed E-state index contributed by atoms with van der Waals surface area (Å²) in [5, 5.41) is 20.9. The van der Waals surface area contributed by atoms with Crippen molar-refractivity contribution >= 4 is 5.78 Å². The van der Waals surface area contributed by atoms with Gasteiger partial charge in [-0.1, -0.05) is 25.5 Å². The number of hydrogen-bond donors (Lipinski definition) is 2. The van der Waals surface area contributed by atoms with Crippen molar-refractivity contribution in [3.8, 4) is 0 Å². The zero-order valence-corrected chi connectivity index (χ0v) is 16.0. The molecule has 4 nitrogen and oxygen atoms in total. The summed E-state index contributed by atoms with van der Waals surface area (Å²) < 4.78 is 0. The van der Waals surface area contributed by atoms with Gasteiger partial charge in [0, 0.05) is 26.1 Å². The summed E-state index contributed by atoms with van der Waals surface area (Å²) >= 11 is 0. The van der Waals surface area contributed by atoms with Crippen LogP contribution in [0.5, 0.6) is 0 Å². The summed E-state index contributed by atoms with van der Waals surface area (Å²) in [6.07, 6.45) is 6.27. The summed E-state index contributed by atoms with van der Waals surface area (Å²) in [5.41, 5.74) is 0.971. The zero-order valence-electron chi connectivity index (χ0n) is 16.0. The topological polar surface area (TPSA) is 60.8 Å². The lowest BCUT2D eigenvalue weighted by atomic mass is 9.34. The van der Waals surface area contributed by atoms with Crippen LogP contribution in [0.4, 0.5) is 0 Å². The lowest BCUT2D eigenvalue weighted by Gasteiger charge is -2.72. The first-order valence-electron chi connectivity index (χ1n) is 10.6. The normalized spacial score (nSPS) is 53.3. The molecule has 4 bridgehead atoms. The van der Waals surface area contributed by atoms with E-state index < -0.39 is 11.5 Å². The van der Waals surface area contributed by atoms with E-state index in [0.29, 0.717) is 36.4 Å². The van der Waals surface area contributed by atoms with Crippen molar-refractivity contribution in [2.75, 3.05) is 26.2 Å². The van der Waals surface area contributed by atoms with Gasteiger partial charge in [0.15, 0.2) is 0 Å². The third-order valence-electron chi connectivity index (χ3n) is 9.38. The van der Waals surface area contributed by atoms with Crippen molar-refractivity contribution in [3.05, 3.63) is 12.2 Å². The van der Waals surface area contributed by atoms with Gasteiger partial charge >= 0.3 is 0 Å². The van der Waals surface area contributed by atoms with Gasteiger partial charge in [0.25, 0.3) is 0 Å². The minimum atomic E-state index is -0.567. The molecule has 144 valence electrons. The van der Waals surface area contributed by atoms with Crippen molar-refractivity contribution in [2.45, 2.75) is 58.0 Å². The van der Waals surface area contributed by atoms with Crippen LogP contribution in [0, 0.1) is 34.0 Å². The number of piperidine rings is 1. The van der Waals surface area contributed by atoms with Crippen molar-refractivity contribution < 1.29 is 15.0 Å². The number of ketones is 1. The monoisotopic (exact) mass is 359 g/mol. The number of carbonyl (C=O) groups excluding carboxylic acids is 1. The smallest absolute Gasteiger partial charge is 0.142 e. The highest BCUT2D eigenvalue weighted by atomic mass is 16.3. The van der Waals surface area contributed by atoms with Crippen molar-refractivity contribution in [2.24, 2.45) is 34.0 Å². The molecule has 1 spiro atoms.